The fourth-order valence-electron chi connectivity index (χ4n) is 1.23. The van der Waals surface area contributed by atoms with E-state index in [9.17, 15) is 9.59 Å². The summed E-state index contributed by atoms with van der Waals surface area (Å²) in [6.45, 7) is 0. The van der Waals surface area contributed by atoms with Gasteiger partial charge in [0.15, 0.2) is 6.04 Å². The van der Waals surface area contributed by atoms with E-state index in [1.807, 2.05) is 0 Å². The number of hydrogen-bond acceptors (Lipinski definition) is 3. The first-order chi connectivity index (χ1) is 7.54. The Kier molecular flexibility index (Phi) is 3.71. The average Bonchev–Trinajstić information content (AvgIpc) is 2.25. The fourth-order valence-corrected chi connectivity index (χ4v) is 1.23. The molecule has 0 aliphatic heterocycles. The van der Waals surface area contributed by atoms with E-state index in [-0.39, 0.29) is 0 Å². The van der Waals surface area contributed by atoms with E-state index in [2.05, 4.69) is 5.32 Å². The van der Waals surface area contributed by atoms with Crippen LogP contribution in [0.3, 0.4) is 0 Å². The van der Waals surface area contributed by atoms with Gasteiger partial charge in [-0.05, 0) is 17.7 Å². The summed E-state index contributed by atoms with van der Waals surface area (Å²) in [5.74, 6) is -0.573. The van der Waals surface area contributed by atoms with Gasteiger partial charge in [-0.3, -0.25) is 0 Å². The highest BCUT2D eigenvalue weighted by Gasteiger charge is 2.20. The lowest BCUT2D eigenvalue weighted by Gasteiger charge is -2.13. The second kappa shape index (κ2) is 5.01. The molecule has 0 unspecified atom stereocenters. The number of methoxy groups -OCH3 is 1. The second-order valence-electron chi connectivity index (χ2n) is 3.05. The molecule has 2 amide bonds. The Morgan fingerprint density at radius 3 is 2.31 bits per heavy atom. The van der Waals surface area contributed by atoms with Crippen molar-refractivity contribution in [3.05, 3.63) is 29.8 Å². The Hall–Kier alpha value is -2.24. The number of primary amides is 1. The number of aliphatic carboxylic acids is 1. The zero-order valence-electron chi connectivity index (χ0n) is 8.64. The van der Waals surface area contributed by atoms with Crippen molar-refractivity contribution in [1.82, 2.24) is 5.32 Å². The fraction of sp³-hybridized carbons (Fsp3) is 0.200. The van der Waals surface area contributed by atoms with E-state index in [0.717, 1.165) is 0 Å². The molecule has 0 heterocycles. The van der Waals surface area contributed by atoms with Gasteiger partial charge in [-0.25, -0.2) is 9.59 Å². The number of amides is 2. The molecule has 86 valence electrons. The van der Waals surface area contributed by atoms with Crippen molar-refractivity contribution in [2.24, 2.45) is 5.73 Å². The number of hydrogen-bond donors (Lipinski definition) is 3. The third-order valence-electron chi connectivity index (χ3n) is 1.98. The molecule has 4 N–H and O–H groups in total. The van der Waals surface area contributed by atoms with Gasteiger partial charge in [-0.1, -0.05) is 12.1 Å². The lowest BCUT2D eigenvalue weighted by molar-refractivity contribution is -0.139. The molecule has 0 bridgehead atoms. The maximum absolute atomic E-state index is 10.9. The number of benzene rings is 1. The molecule has 0 aliphatic carbocycles. The van der Waals surface area contributed by atoms with Gasteiger partial charge in [0.1, 0.15) is 5.75 Å². The van der Waals surface area contributed by atoms with E-state index in [4.69, 9.17) is 15.6 Å². The largest absolute Gasteiger partial charge is 0.497 e. The van der Waals surface area contributed by atoms with Crippen molar-refractivity contribution in [1.29, 1.82) is 0 Å². The van der Waals surface area contributed by atoms with Crippen LogP contribution in [0.2, 0.25) is 0 Å². The smallest absolute Gasteiger partial charge is 0.330 e. The number of carboxylic acid groups (broad SMARTS) is 1. The van der Waals surface area contributed by atoms with Gasteiger partial charge < -0.3 is 20.9 Å². The highest BCUT2D eigenvalue weighted by molar-refractivity contribution is 5.82. The molecule has 0 aromatic heterocycles. The maximum atomic E-state index is 10.9. The van der Waals surface area contributed by atoms with Crippen LogP contribution in [0.25, 0.3) is 0 Å². The van der Waals surface area contributed by atoms with Crippen LogP contribution in [-0.2, 0) is 4.79 Å². The van der Waals surface area contributed by atoms with Crippen LogP contribution in [-0.4, -0.2) is 24.2 Å². The highest BCUT2D eigenvalue weighted by atomic mass is 16.5. The summed E-state index contributed by atoms with van der Waals surface area (Å²) in [6, 6.07) is 4.27. The van der Waals surface area contributed by atoms with Crippen molar-refractivity contribution < 1.29 is 19.4 Å². The van der Waals surface area contributed by atoms with Crippen LogP contribution < -0.4 is 15.8 Å². The van der Waals surface area contributed by atoms with E-state index in [1.54, 1.807) is 24.3 Å². The molecule has 0 saturated heterocycles. The third kappa shape index (κ3) is 2.88. The number of nitrogens with one attached hydrogen (secondary N) is 1. The highest BCUT2D eigenvalue weighted by Crippen LogP contribution is 2.17. The minimum atomic E-state index is -1.18. The van der Waals surface area contributed by atoms with Crippen molar-refractivity contribution in [2.75, 3.05) is 7.11 Å². The Morgan fingerprint density at radius 2 is 1.94 bits per heavy atom. The predicted molar refractivity (Wildman–Crippen MR) is 56.1 cm³/mol. The summed E-state index contributed by atoms with van der Waals surface area (Å²) < 4.78 is 4.93. The number of urea groups is 1. The standard InChI is InChI=1S/C10H12N2O4/c1-16-7-4-2-6(3-5-7)8(9(13)14)12-10(11)15/h2-5,8H,1H3,(H,13,14)(H3,11,12,15)/t8-/m1/s1. The van der Waals surface area contributed by atoms with Crippen LogP contribution in [0, 0.1) is 0 Å². The minimum absolute atomic E-state index is 0.423. The molecule has 16 heavy (non-hydrogen) atoms. The Bertz CT molecular complexity index is 388. The van der Waals surface area contributed by atoms with E-state index >= 15 is 0 Å². The molecule has 1 rings (SSSR count). The molecular weight excluding hydrogens is 212 g/mol. The summed E-state index contributed by atoms with van der Waals surface area (Å²) in [5.41, 5.74) is 5.31. The summed E-state index contributed by atoms with van der Waals surface area (Å²) in [7, 11) is 1.51. The molecule has 1 aromatic carbocycles. The van der Waals surface area contributed by atoms with E-state index < -0.39 is 18.0 Å². The first-order valence-corrected chi connectivity index (χ1v) is 4.47. The molecule has 6 heteroatoms. The lowest BCUT2D eigenvalue weighted by atomic mass is 10.1. The molecule has 6 nitrogen and oxygen atoms in total. The number of ether oxygens (including phenoxy) is 1. The van der Waals surface area contributed by atoms with Gasteiger partial charge in [0, 0.05) is 0 Å². The Morgan fingerprint density at radius 1 is 1.38 bits per heavy atom. The summed E-state index contributed by atoms with van der Waals surface area (Å²) in [5, 5.41) is 11.0. The predicted octanol–water partition coefficient (Wildman–Crippen LogP) is 0.489. The first kappa shape index (κ1) is 11.8. The van der Waals surface area contributed by atoms with Gasteiger partial charge in [0.25, 0.3) is 0 Å². The molecule has 1 atom stereocenters. The summed E-state index contributed by atoms with van der Waals surface area (Å²) >= 11 is 0. The summed E-state index contributed by atoms with van der Waals surface area (Å²) in [4.78, 5) is 21.5. The van der Waals surface area contributed by atoms with Crippen LogP contribution in [0.4, 0.5) is 4.79 Å². The zero-order chi connectivity index (χ0) is 12.1. The van der Waals surface area contributed by atoms with Gasteiger partial charge >= 0.3 is 12.0 Å². The number of carbonyl (C=O) groups excluding carboxylic acids is 1. The van der Waals surface area contributed by atoms with Crippen molar-refractivity contribution in [2.45, 2.75) is 6.04 Å². The Labute approximate surface area is 92.0 Å². The molecule has 0 radical (unpaired) electrons. The van der Waals surface area contributed by atoms with E-state index in [0.29, 0.717) is 11.3 Å². The molecule has 0 aliphatic rings. The van der Waals surface area contributed by atoms with Crippen LogP contribution in [0.15, 0.2) is 24.3 Å². The number of rotatable bonds is 4. The van der Waals surface area contributed by atoms with Gasteiger partial charge in [0.2, 0.25) is 0 Å². The molecule has 1 aromatic rings. The van der Waals surface area contributed by atoms with Gasteiger partial charge in [-0.2, -0.15) is 0 Å². The summed E-state index contributed by atoms with van der Waals surface area (Å²) in [6.07, 6.45) is 0. The number of carboxylic acids is 1. The molecular formula is C10H12N2O4. The number of carbonyl (C=O) groups is 2. The van der Waals surface area contributed by atoms with Crippen molar-refractivity contribution >= 4 is 12.0 Å². The van der Waals surface area contributed by atoms with Crippen molar-refractivity contribution in [3.63, 3.8) is 0 Å². The third-order valence-corrected chi connectivity index (χ3v) is 1.98. The van der Waals surface area contributed by atoms with Crippen LogP contribution in [0.1, 0.15) is 11.6 Å². The van der Waals surface area contributed by atoms with E-state index in [1.165, 1.54) is 7.11 Å². The van der Waals surface area contributed by atoms with Gasteiger partial charge in [0.05, 0.1) is 7.11 Å². The van der Waals surface area contributed by atoms with Gasteiger partial charge in [-0.15, -0.1) is 0 Å². The molecule has 0 saturated carbocycles. The van der Waals surface area contributed by atoms with Crippen LogP contribution >= 0.6 is 0 Å². The monoisotopic (exact) mass is 224 g/mol. The normalized spacial score (nSPS) is 11.6. The minimum Gasteiger partial charge on any atom is -0.497 e. The SMILES string of the molecule is COc1ccc([C@@H](NC(N)=O)C(=O)O)cc1. The Balaban J connectivity index is 2.92. The van der Waals surface area contributed by atoms with Crippen molar-refractivity contribution in [3.8, 4) is 5.75 Å². The maximum Gasteiger partial charge on any atom is 0.330 e. The quantitative estimate of drug-likeness (QED) is 0.692. The molecule has 0 spiro atoms. The van der Waals surface area contributed by atoms with Crippen LogP contribution in [0.5, 0.6) is 5.75 Å². The zero-order valence-corrected chi connectivity index (χ0v) is 8.64. The molecule has 0 fully saturated rings. The average molecular weight is 224 g/mol. The topological polar surface area (TPSA) is 102 Å². The number of nitrogens with two attached hydrogens (primary N) is 1. The first-order valence-electron chi connectivity index (χ1n) is 4.47. The second-order valence-corrected chi connectivity index (χ2v) is 3.05. The lowest BCUT2D eigenvalue weighted by Crippen LogP contribution is -2.37.